The molecule has 0 unspecified atom stereocenters. The fraction of sp³-hybridized carbons (Fsp3) is 0.208. The monoisotopic (exact) mass is 419 g/mol. The standard InChI is InChI=1S/C24H22ClN3O2/c1-2-12-28(15-22-26-21-14-18(25)10-11-20(21)24(30)27-22)23(29)13-17-8-5-7-16-6-3-4-9-19(16)17/h3-11,14H,2,12-13,15H2,1H3,(H,26,27,30). The van der Waals surface area contributed by atoms with E-state index in [0.717, 1.165) is 22.8 Å². The van der Waals surface area contributed by atoms with Crippen LogP contribution in [0.3, 0.4) is 0 Å². The van der Waals surface area contributed by atoms with E-state index in [1.807, 2.05) is 49.4 Å². The molecule has 4 rings (SSSR count). The van der Waals surface area contributed by atoms with E-state index in [1.165, 1.54) is 0 Å². The first-order valence-electron chi connectivity index (χ1n) is 9.98. The third kappa shape index (κ3) is 4.21. The van der Waals surface area contributed by atoms with Gasteiger partial charge >= 0.3 is 0 Å². The van der Waals surface area contributed by atoms with Crippen LogP contribution >= 0.6 is 11.6 Å². The maximum atomic E-state index is 13.1. The van der Waals surface area contributed by atoms with Crippen molar-refractivity contribution in [2.45, 2.75) is 26.3 Å². The van der Waals surface area contributed by atoms with E-state index in [9.17, 15) is 9.59 Å². The Kier molecular flexibility index (Phi) is 5.81. The topological polar surface area (TPSA) is 66.1 Å². The molecular weight excluding hydrogens is 398 g/mol. The fourth-order valence-electron chi connectivity index (χ4n) is 3.70. The van der Waals surface area contributed by atoms with Crippen LogP contribution in [0.2, 0.25) is 5.02 Å². The average Bonchev–Trinajstić information content (AvgIpc) is 2.73. The number of halogens is 1. The van der Waals surface area contributed by atoms with Gasteiger partial charge in [0.15, 0.2) is 0 Å². The Morgan fingerprint density at radius 3 is 2.70 bits per heavy atom. The summed E-state index contributed by atoms with van der Waals surface area (Å²) in [4.78, 5) is 34.6. The number of aromatic amines is 1. The largest absolute Gasteiger partial charge is 0.335 e. The second-order valence-corrected chi connectivity index (χ2v) is 7.74. The first-order chi connectivity index (χ1) is 14.5. The summed E-state index contributed by atoms with van der Waals surface area (Å²) < 4.78 is 0. The molecule has 0 atom stereocenters. The van der Waals surface area contributed by atoms with E-state index < -0.39 is 0 Å². The Morgan fingerprint density at radius 2 is 1.87 bits per heavy atom. The van der Waals surface area contributed by atoms with Crippen LogP contribution in [0.15, 0.2) is 65.5 Å². The number of nitrogens with one attached hydrogen (secondary N) is 1. The number of hydrogen-bond donors (Lipinski definition) is 1. The highest BCUT2D eigenvalue weighted by atomic mass is 35.5. The number of hydrogen-bond acceptors (Lipinski definition) is 3. The van der Waals surface area contributed by atoms with Gasteiger partial charge in [-0.05, 0) is 41.0 Å². The Labute approximate surface area is 179 Å². The molecule has 0 saturated heterocycles. The maximum Gasteiger partial charge on any atom is 0.258 e. The predicted molar refractivity (Wildman–Crippen MR) is 121 cm³/mol. The normalized spacial score (nSPS) is 11.1. The van der Waals surface area contributed by atoms with Gasteiger partial charge in [-0.15, -0.1) is 0 Å². The van der Waals surface area contributed by atoms with Crippen molar-refractivity contribution >= 4 is 39.2 Å². The third-order valence-corrected chi connectivity index (χ3v) is 5.36. The second-order valence-electron chi connectivity index (χ2n) is 7.30. The predicted octanol–water partition coefficient (Wildman–Crippen LogP) is 4.71. The minimum atomic E-state index is -0.232. The first kappa shape index (κ1) is 20.1. The lowest BCUT2D eigenvalue weighted by atomic mass is 10.0. The molecule has 30 heavy (non-hydrogen) atoms. The number of rotatable bonds is 6. The van der Waals surface area contributed by atoms with E-state index in [2.05, 4.69) is 9.97 Å². The molecule has 0 spiro atoms. The van der Waals surface area contributed by atoms with Crippen molar-refractivity contribution in [1.82, 2.24) is 14.9 Å². The Hall–Kier alpha value is -3.18. The summed E-state index contributed by atoms with van der Waals surface area (Å²) >= 11 is 6.05. The molecule has 1 heterocycles. The zero-order chi connectivity index (χ0) is 21.1. The van der Waals surface area contributed by atoms with Gasteiger partial charge in [0.1, 0.15) is 5.82 Å². The average molecular weight is 420 g/mol. The highest BCUT2D eigenvalue weighted by Gasteiger charge is 2.17. The van der Waals surface area contributed by atoms with E-state index >= 15 is 0 Å². The van der Waals surface area contributed by atoms with Crippen molar-refractivity contribution in [2.75, 3.05) is 6.54 Å². The van der Waals surface area contributed by atoms with Gasteiger partial charge in [-0.3, -0.25) is 9.59 Å². The summed E-state index contributed by atoms with van der Waals surface area (Å²) in [5, 5.41) is 3.19. The van der Waals surface area contributed by atoms with E-state index in [1.54, 1.807) is 23.1 Å². The number of amides is 1. The molecule has 1 N–H and O–H groups in total. The summed E-state index contributed by atoms with van der Waals surface area (Å²) in [5.41, 5.74) is 1.29. The molecule has 1 amide bonds. The molecule has 0 saturated carbocycles. The van der Waals surface area contributed by atoms with E-state index in [0.29, 0.717) is 34.7 Å². The molecule has 5 nitrogen and oxygen atoms in total. The van der Waals surface area contributed by atoms with Crippen molar-refractivity contribution < 1.29 is 4.79 Å². The zero-order valence-electron chi connectivity index (χ0n) is 16.7. The molecular formula is C24H22ClN3O2. The van der Waals surface area contributed by atoms with Crippen molar-refractivity contribution in [3.05, 3.63) is 87.4 Å². The summed E-state index contributed by atoms with van der Waals surface area (Å²) in [6.07, 6.45) is 1.11. The Morgan fingerprint density at radius 1 is 1.07 bits per heavy atom. The van der Waals surface area contributed by atoms with Crippen LogP contribution < -0.4 is 5.56 Å². The minimum absolute atomic E-state index is 0.00189. The van der Waals surface area contributed by atoms with Crippen molar-refractivity contribution in [1.29, 1.82) is 0 Å². The summed E-state index contributed by atoms with van der Waals surface area (Å²) in [6.45, 7) is 2.85. The van der Waals surface area contributed by atoms with Crippen LogP contribution in [0, 0.1) is 0 Å². The Bertz CT molecular complexity index is 1280. The highest BCUT2D eigenvalue weighted by Crippen LogP contribution is 2.20. The Balaban J connectivity index is 1.61. The van der Waals surface area contributed by atoms with Crippen molar-refractivity contribution in [2.24, 2.45) is 0 Å². The number of fused-ring (bicyclic) bond motifs is 2. The molecule has 0 radical (unpaired) electrons. The van der Waals surface area contributed by atoms with Gasteiger partial charge in [-0.2, -0.15) is 0 Å². The molecule has 3 aromatic carbocycles. The van der Waals surface area contributed by atoms with Crippen LogP contribution in [0.1, 0.15) is 24.7 Å². The van der Waals surface area contributed by atoms with Crippen molar-refractivity contribution in [3.63, 3.8) is 0 Å². The molecule has 1 aromatic heterocycles. The molecule has 152 valence electrons. The lowest BCUT2D eigenvalue weighted by Gasteiger charge is -2.22. The summed E-state index contributed by atoms with van der Waals surface area (Å²) in [6, 6.07) is 19.0. The fourth-order valence-corrected chi connectivity index (χ4v) is 3.87. The smallest absolute Gasteiger partial charge is 0.258 e. The van der Waals surface area contributed by atoms with Crippen LogP contribution in [-0.4, -0.2) is 27.3 Å². The molecule has 0 aliphatic carbocycles. The van der Waals surface area contributed by atoms with Gasteiger partial charge in [-0.25, -0.2) is 4.98 Å². The summed E-state index contributed by atoms with van der Waals surface area (Å²) in [7, 11) is 0. The second kappa shape index (κ2) is 8.67. The molecule has 4 aromatic rings. The van der Waals surface area contributed by atoms with Gasteiger partial charge in [0.25, 0.3) is 5.56 Å². The number of H-pyrrole nitrogens is 1. The number of carbonyl (C=O) groups is 1. The lowest BCUT2D eigenvalue weighted by molar-refractivity contribution is -0.131. The number of carbonyl (C=O) groups excluding carboxylic acids is 1. The summed E-state index contributed by atoms with van der Waals surface area (Å²) in [5.74, 6) is 0.455. The quantitative estimate of drug-likeness (QED) is 0.492. The molecule has 0 aliphatic rings. The van der Waals surface area contributed by atoms with Crippen LogP contribution in [-0.2, 0) is 17.8 Å². The van der Waals surface area contributed by atoms with Crippen LogP contribution in [0.5, 0.6) is 0 Å². The van der Waals surface area contributed by atoms with Gasteiger partial charge in [-0.1, -0.05) is 61.0 Å². The molecule has 0 fully saturated rings. The van der Waals surface area contributed by atoms with Crippen LogP contribution in [0.4, 0.5) is 0 Å². The van der Waals surface area contributed by atoms with Gasteiger partial charge in [0, 0.05) is 11.6 Å². The van der Waals surface area contributed by atoms with E-state index in [-0.39, 0.29) is 18.0 Å². The zero-order valence-corrected chi connectivity index (χ0v) is 17.4. The molecule has 6 heteroatoms. The molecule has 0 aliphatic heterocycles. The number of benzene rings is 3. The van der Waals surface area contributed by atoms with Crippen LogP contribution in [0.25, 0.3) is 21.7 Å². The van der Waals surface area contributed by atoms with E-state index in [4.69, 9.17) is 11.6 Å². The first-order valence-corrected chi connectivity index (χ1v) is 10.4. The number of nitrogens with zero attached hydrogens (tertiary/aromatic N) is 2. The maximum absolute atomic E-state index is 13.1. The number of aromatic nitrogens is 2. The SMILES string of the molecule is CCCN(Cc1nc2cc(Cl)ccc2c(=O)[nH]1)C(=O)Cc1cccc2ccccc12. The lowest BCUT2D eigenvalue weighted by Crippen LogP contribution is -2.34. The highest BCUT2D eigenvalue weighted by molar-refractivity contribution is 6.31. The van der Waals surface area contributed by atoms with Crippen molar-refractivity contribution in [3.8, 4) is 0 Å². The third-order valence-electron chi connectivity index (χ3n) is 5.13. The van der Waals surface area contributed by atoms with Gasteiger partial charge in [0.05, 0.1) is 23.9 Å². The van der Waals surface area contributed by atoms with Gasteiger partial charge < -0.3 is 9.88 Å². The minimum Gasteiger partial charge on any atom is -0.335 e. The molecule has 0 bridgehead atoms. The van der Waals surface area contributed by atoms with Gasteiger partial charge in [0.2, 0.25) is 5.91 Å².